The predicted molar refractivity (Wildman–Crippen MR) is 93.3 cm³/mol. The molecule has 0 aliphatic heterocycles. The lowest BCUT2D eigenvalue weighted by molar-refractivity contribution is 0.0427. The molecule has 1 rings (SSSR count). The molecule has 1 aromatic rings. The van der Waals surface area contributed by atoms with Crippen LogP contribution >= 0.6 is 11.6 Å². The number of carbonyl (C=O) groups is 3. The minimum atomic E-state index is -1.65. The van der Waals surface area contributed by atoms with Crippen molar-refractivity contribution in [1.82, 2.24) is 0 Å². The van der Waals surface area contributed by atoms with Gasteiger partial charge in [0.25, 0.3) is 0 Å². The Balaban J connectivity index is 3.51. The Hall–Kier alpha value is -2.35. The van der Waals surface area contributed by atoms with Crippen molar-refractivity contribution in [2.24, 2.45) is 0 Å². The summed E-state index contributed by atoms with van der Waals surface area (Å²) in [6.45, 7) is 9.33. The van der Waals surface area contributed by atoms with Crippen molar-refractivity contribution in [2.75, 3.05) is 4.90 Å². The van der Waals surface area contributed by atoms with Crippen molar-refractivity contribution >= 4 is 35.4 Å². The van der Waals surface area contributed by atoms with Crippen molar-refractivity contribution < 1.29 is 33.4 Å². The van der Waals surface area contributed by atoms with Crippen LogP contribution in [0.1, 0.15) is 51.9 Å². The van der Waals surface area contributed by atoms with Crippen LogP contribution in [-0.2, 0) is 9.47 Å². The number of hydrogen-bond donors (Lipinski definition) is 1. The van der Waals surface area contributed by atoms with E-state index in [-0.39, 0.29) is 5.02 Å². The first-order valence-electron chi connectivity index (χ1n) is 7.61. The number of aromatic carboxylic acids is 1. The van der Waals surface area contributed by atoms with Crippen molar-refractivity contribution in [2.45, 2.75) is 52.7 Å². The largest absolute Gasteiger partial charge is 0.478 e. The number of carbonyl (C=O) groups excluding carboxylic acids is 2. The highest BCUT2D eigenvalue weighted by Gasteiger charge is 2.36. The van der Waals surface area contributed by atoms with Crippen LogP contribution < -0.4 is 4.90 Å². The number of amides is 2. The van der Waals surface area contributed by atoms with Crippen LogP contribution in [0.2, 0.25) is 5.02 Å². The molecule has 0 aliphatic rings. The van der Waals surface area contributed by atoms with Gasteiger partial charge in [0.05, 0.1) is 10.7 Å². The highest BCUT2D eigenvalue weighted by Crippen LogP contribution is 2.30. The van der Waals surface area contributed by atoms with E-state index in [9.17, 15) is 18.8 Å². The Bertz CT molecular complexity index is 708. The van der Waals surface area contributed by atoms with E-state index < -0.39 is 46.4 Å². The molecule has 0 aliphatic carbocycles. The van der Waals surface area contributed by atoms with Crippen LogP contribution in [0.15, 0.2) is 12.1 Å². The number of halogens is 2. The van der Waals surface area contributed by atoms with Gasteiger partial charge >= 0.3 is 18.2 Å². The second kappa shape index (κ2) is 7.49. The minimum Gasteiger partial charge on any atom is -0.478 e. The van der Waals surface area contributed by atoms with Crippen LogP contribution in [0.25, 0.3) is 0 Å². The summed E-state index contributed by atoms with van der Waals surface area (Å²) < 4.78 is 24.9. The topological polar surface area (TPSA) is 93.1 Å². The fraction of sp³-hybridized carbons (Fsp3) is 0.471. The first-order chi connectivity index (χ1) is 11.6. The number of anilines is 1. The summed E-state index contributed by atoms with van der Waals surface area (Å²) in [5.74, 6) is -3.01. The predicted octanol–water partition coefficient (Wildman–Crippen LogP) is 4.85. The third-order valence-electron chi connectivity index (χ3n) is 2.68. The fourth-order valence-electron chi connectivity index (χ4n) is 1.80. The normalized spacial score (nSPS) is 11.7. The molecule has 9 heteroatoms. The van der Waals surface area contributed by atoms with Crippen molar-refractivity contribution in [1.29, 1.82) is 0 Å². The first kappa shape index (κ1) is 21.7. The molecule has 0 bridgehead atoms. The lowest BCUT2D eigenvalue weighted by atomic mass is 10.1. The van der Waals surface area contributed by atoms with Gasteiger partial charge in [-0.1, -0.05) is 11.6 Å². The first-order valence-corrected chi connectivity index (χ1v) is 7.99. The summed E-state index contributed by atoms with van der Waals surface area (Å²) in [4.78, 5) is 36.5. The monoisotopic (exact) mass is 389 g/mol. The Morgan fingerprint density at radius 1 is 1.00 bits per heavy atom. The van der Waals surface area contributed by atoms with E-state index >= 15 is 0 Å². The molecule has 2 amide bonds. The highest BCUT2D eigenvalue weighted by atomic mass is 35.5. The SMILES string of the molecule is CC(C)(C)OC(=O)N(C(=O)OC(C)(C)C)c1ccc(Cl)c(C(=O)O)c1F. The summed E-state index contributed by atoms with van der Waals surface area (Å²) in [5.41, 5.74) is -3.50. The zero-order chi connectivity index (χ0) is 20.4. The minimum absolute atomic E-state index is 0.300. The molecule has 0 radical (unpaired) electrons. The maximum atomic E-state index is 14.7. The molecular formula is C17H21ClFNO6. The van der Waals surface area contributed by atoms with Gasteiger partial charge in [0, 0.05) is 0 Å². The summed E-state index contributed by atoms with van der Waals surface area (Å²) in [6.07, 6.45) is -2.44. The molecule has 0 unspecified atom stereocenters. The number of rotatable bonds is 2. The van der Waals surface area contributed by atoms with Gasteiger partial charge in [-0.2, -0.15) is 4.90 Å². The molecule has 0 heterocycles. The van der Waals surface area contributed by atoms with E-state index in [0.717, 1.165) is 12.1 Å². The number of benzene rings is 1. The van der Waals surface area contributed by atoms with E-state index in [4.69, 9.17) is 26.2 Å². The molecule has 7 nitrogen and oxygen atoms in total. The maximum Gasteiger partial charge on any atom is 0.424 e. The summed E-state index contributed by atoms with van der Waals surface area (Å²) in [7, 11) is 0. The Morgan fingerprint density at radius 3 is 1.77 bits per heavy atom. The smallest absolute Gasteiger partial charge is 0.424 e. The lowest BCUT2D eigenvalue weighted by Gasteiger charge is -2.29. The summed E-state index contributed by atoms with van der Waals surface area (Å²) >= 11 is 5.70. The molecule has 0 fully saturated rings. The summed E-state index contributed by atoms with van der Waals surface area (Å²) in [5, 5.41) is 8.75. The molecule has 0 spiro atoms. The van der Waals surface area contributed by atoms with Gasteiger partial charge in [-0.3, -0.25) is 0 Å². The van der Waals surface area contributed by atoms with E-state index in [2.05, 4.69) is 0 Å². The molecule has 1 N–H and O–H groups in total. The van der Waals surface area contributed by atoms with E-state index in [1.807, 2.05) is 0 Å². The molecule has 26 heavy (non-hydrogen) atoms. The van der Waals surface area contributed by atoms with Gasteiger partial charge in [0.15, 0.2) is 5.82 Å². The van der Waals surface area contributed by atoms with Gasteiger partial charge in [-0.15, -0.1) is 0 Å². The molecule has 0 aromatic heterocycles. The molecular weight excluding hydrogens is 369 g/mol. The standard InChI is InChI=1S/C17H21ClFNO6/c1-16(2,3)25-14(23)20(15(24)26-17(4,5)6)10-8-7-9(18)11(12(10)19)13(21)22/h7-8H,1-6H3,(H,21,22). The second-order valence-corrected chi connectivity index (χ2v) is 7.76. The van der Waals surface area contributed by atoms with Gasteiger partial charge in [-0.25, -0.2) is 18.8 Å². The van der Waals surface area contributed by atoms with Crippen LogP contribution in [0.4, 0.5) is 19.7 Å². The molecule has 144 valence electrons. The lowest BCUT2D eigenvalue weighted by Crippen LogP contribution is -2.44. The van der Waals surface area contributed by atoms with Crippen molar-refractivity contribution in [3.8, 4) is 0 Å². The van der Waals surface area contributed by atoms with Gasteiger partial charge < -0.3 is 14.6 Å². The number of carboxylic acids is 1. The number of ether oxygens (including phenoxy) is 2. The summed E-state index contributed by atoms with van der Waals surface area (Å²) in [6, 6.07) is 2.06. The van der Waals surface area contributed by atoms with Gasteiger partial charge in [-0.05, 0) is 53.7 Å². The molecule has 0 saturated heterocycles. The number of carboxylic acid groups (broad SMARTS) is 1. The Morgan fingerprint density at radius 2 is 1.42 bits per heavy atom. The Kier molecular flexibility index (Phi) is 6.25. The second-order valence-electron chi connectivity index (χ2n) is 7.36. The van der Waals surface area contributed by atoms with E-state index in [0.29, 0.717) is 4.90 Å². The maximum absolute atomic E-state index is 14.7. The van der Waals surface area contributed by atoms with Crippen LogP contribution in [-0.4, -0.2) is 34.5 Å². The quantitative estimate of drug-likeness (QED) is 0.776. The number of hydrogen-bond acceptors (Lipinski definition) is 5. The van der Waals surface area contributed by atoms with Gasteiger partial charge in [0.2, 0.25) is 0 Å². The van der Waals surface area contributed by atoms with E-state index in [1.54, 1.807) is 41.5 Å². The number of imide groups is 1. The number of nitrogens with zero attached hydrogens (tertiary/aromatic N) is 1. The molecule has 0 atom stereocenters. The highest BCUT2D eigenvalue weighted by molar-refractivity contribution is 6.33. The average molecular weight is 390 g/mol. The van der Waals surface area contributed by atoms with Crippen LogP contribution in [0.5, 0.6) is 0 Å². The zero-order valence-corrected chi connectivity index (χ0v) is 16.1. The third-order valence-corrected chi connectivity index (χ3v) is 2.99. The van der Waals surface area contributed by atoms with Crippen LogP contribution in [0.3, 0.4) is 0 Å². The van der Waals surface area contributed by atoms with Gasteiger partial charge in [0.1, 0.15) is 16.8 Å². The Labute approximate surface area is 155 Å². The van der Waals surface area contributed by atoms with Crippen LogP contribution in [0, 0.1) is 5.82 Å². The third kappa shape index (κ3) is 5.59. The van der Waals surface area contributed by atoms with Crippen molar-refractivity contribution in [3.05, 3.63) is 28.5 Å². The zero-order valence-electron chi connectivity index (χ0n) is 15.3. The average Bonchev–Trinajstić information content (AvgIpc) is 2.37. The van der Waals surface area contributed by atoms with Crippen molar-refractivity contribution in [3.63, 3.8) is 0 Å². The molecule has 1 aromatic carbocycles. The fourth-order valence-corrected chi connectivity index (χ4v) is 2.02. The molecule has 0 saturated carbocycles. The van der Waals surface area contributed by atoms with E-state index in [1.165, 1.54) is 0 Å².